The van der Waals surface area contributed by atoms with E-state index in [1.54, 1.807) is 13.8 Å². The average molecular weight is 510 g/mol. The molecule has 1 unspecified atom stereocenters. The van der Waals surface area contributed by atoms with E-state index in [-0.39, 0.29) is 29.3 Å². The molecule has 2 amide bonds. The van der Waals surface area contributed by atoms with E-state index in [0.29, 0.717) is 12.3 Å². The Morgan fingerprint density at radius 3 is 1.95 bits per heavy atom. The van der Waals surface area contributed by atoms with Crippen LogP contribution in [0.2, 0.25) is 0 Å². The van der Waals surface area contributed by atoms with E-state index in [9.17, 15) is 9.59 Å². The molecule has 1 atom stereocenters. The van der Waals surface area contributed by atoms with Gasteiger partial charge in [-0.15, -0.1) is 0 Å². The highest BCUT2D eigenvalue weighted by atomic mass is 16.2. The maximum Gasteiger partial charge on any atom is 0.249 e. The molecule has 0 saturated heterocycles. The van der Waals surface area contributed by atoms with Gasteiger partial charge >= 0.3 is 0 Å². The Morgan fingerprint density at radius 1 is 0.919 bits per heavy atom. The molecule has 1 aliphatic heterocycles. The minimum Gasteiger partial charge on any atom is -0.369 e. The summed E-state index contributed by atoms with van der Waals surface area (Å²) in [7, 11) is 0. The van der Waals surface area contributed by atoms with Gasteiger partial charge in [0.2, 0.25) is 11.8 Å². The lowest BCUT2D eigenvalue weighted by Crippen LogP contribution is -2.42. The molecule has 5 heteroatoms. The lowest BCUT2D eigenvalue weighted by molar-refractivity contribution is -0.126. The third-order valence-electron chi connectivity index (χ3n) is 8.53. The predicted octanol–water partition coefficient (Wildman–Crippen LogP) is 6.51. The average Bonchev–Trinajstić information content (AvgIpc) is 3.12. The van der Waals surface area contributed by atoms with E-state index < -0.39 is 11.3 Å². The van der Waals surface area contributed by atoms with E-state index >= 15 is 0 Å². The molecule has 1 heterocycles. The molecule has 0 radical (unpaired) electrons. The lowest BCUT2D eigenvalue weighted by atomic mass is 9.78. The van der Waals surface area contributed by atoms with Crippen LogP contribution in [0.25, 0.3) is 0 Å². The van der Waals surface area contributed by atoms with E-state index in [1.807, 2.05) is 0 Å². The molecule has 206 valence electrons. The van der Waals surface area contributed by atoms with Crippen LogP contribution in [0, 0.1) is 11.3 Å². The van der Waals surface area contributed by atoms with Crippen molar-refractivity contribution in [2.24, 2.45) is 17.1 Å². The summed E-state index contributed by atoms with van der Waals surface area (Å²) in [5.74, 6) is 0.178. The van der Waals surface area contributed by atoms with Crippen LogP contribution in [-0.2, 0) is 20.4 Å². The fourth-order valence-corrected chi connectivity index (χ4v) is 5.53. The van der Waals surface area contributed by atoms with Gasteiger partial charge in [0.1, 0.15) is 0 Å². The molecule has 3 N–H and O–H groups in total. The zero-order valence-electron chi connectivity index (χ0n) is 24.9. The Bertz CT molecular complexity index is 1000. The Labute approximate surface area is 225 Å². The number of carbonyl (C=O) groups excluding carboxylic acids is 2. The summed E-state index contributed by atoms with van der Waals surface area (Å²) in [4.78, 5) is 27.8. The number of amides is 2. The first-order valence-corrected chi connectivity index (χ1v) is 14.2. The Kier molecular flexibility index (Phi) is 8.56. The zero-order valence-corrected chi connectivity index (χ0v) is 24.9. The van der Waals surface area contributed by atoms with Gasteiger partial charge < -0.3 is 16.0 Å². The third-order valence-corrected chi connectivity index (χ3v) is 8.53. The van der Waals surface area contributed by atoms with Crippen LogP contribution < -0.4 is 11.1 Å². The van der Waals surface area contributed by atoms with Gasteiger partial charge in [0.25, 0.3) is 0 Å². The molecule has 1 aromatic rings. The molecule has 3 rings (SSSR count). The molecule has 1 fully saturated rings. The van der Waals surface area contributed by atoms with Crippen molar-refractivity contribution in [1.29, 1.82) is 0 Å². The summed E-state index contributed by atoms with van der Waals surface area (Å²) < 4.78 is 0. The topological polar surface area (TPSA) is 75.4 Å². The van der Waals surface area contributed by atoms with E-state index in [1.165, 1.54) is 48.8 Å². The molecule has 2 aliphatic rings. The maximum atomic E-state index is 13.4. The minimum absolute atomic E-state index is 0.0336. The van der Waals surface area contributed by atoms with E-state index in [2.05, 4.69) is 76.9 Å². The molecule has 0 bridgehead atoms. The third kappa shape index (κ3) is 6.97. The number of nitrogens with two attached hydrogens (primary N) is 1. The number of carbonyl (C=O) groups is 2. The lowest BCUT2D eigenvalue weighted by Gasteiger charge is -2.35. The first-order valence-electron chi connectivity index (χ1n) is 14.2. The molecular formula is C32H51N3O2. The number of hydrogen-bond donors (Lipinski definition) is 2. The van der Waals surface area contributed by atoms with Gasteiger partial charge in [-0.2, -0.15) is 0 Å². The summed E-state index contributed by atoms with van der Waals surface area (Å²) in [5.41, 5.74) is 10.7. The summed E-state index contributed by atoms with van der Waals surface area (Å²) in [6.45, 7) is 20.5. The van der Waals surface area contributed by atoms with Gasteiger partial charge in [-0.1, -0.05) is 79.0 Å². The Hall–Kier alpha value is -2.30. The smallest absolute Gasteiger partial charge is 0.249 e. The molecule has 1 saturated carbocycles. The number of rotatable bonds is 7. The van der Waals surface area contributed by atoms with Crippen molar-refractivity contribution in [3.05, 3.63) is 46.2 Å². The van der Waals surface area contributed by atoms with Crippen molar-refractivity contribution in [1.82, 2.24) is 10.2 Å². The molecular weight excluding hydrogens is 458 g/mol. The summed E-state index contributed by atoms with van der Waals surface area (Å²) in [6.07, 6.45) is 7.14. The van der Waals surface area contributed by atoms with Crippen LogP contribution in [0.15, 0.2) is 29.5 Å². The van der Waals surface area contributed by atoms with Gasteiger partial charge in [0, 0.05) is 30.8 Å². The number of allylic oxidation sites excluding steroid dienone is 1. The Balaban J connectivity index is 1.99. The summed E-state index contributed by atoms with van der Waals surface area (Å²) >= 11 is 0. The van der Waals surface area contributed by atoms with Crippen molar-refractivity contribution < 1.29 is 9.59 Å². The number of benzene rings is 1. The number of primary amides is 1. The molecule has 0 aromatic heterocycles. The first-order chi connectivity index (χ1) is 17.0. The Morgan fingerprint density at radius 2 is 1.46 bits per heavy atom. The minimum atomic E-state index is -0.785. The van der Waals surface area contributed by atoms with Crippen molar-refractivity contribution in [2.45, 2.75) is 118 Å². The highest BCUT2D eigenvalue weighted by Crippen LogP contribution is 2.43. The standard InChI is InChI=1S/C32H51N3O2/c1-21-26(28(36)34-20-32(8,9)29(33)37)18-27(35(21)19-22-13-11-10-12-14-22)23-15-24(30(2,3)4)17-25(16-23)31(5,6)7/h15-17,22,27H,10-14,18-20H2,1-9H3,(H2,33,37)(H,34,36). The van der Waals surface area contributed by atoms with Crippen LogP contribution in [0.3, 0.4) is 0 Å². The highest BCUT2D eigenvalue weighted by molar-refractivity contribution is 5.95. The van der Waals surface area contributed by atoms with Gasteiger partial charge in [-0.3, -0.25) is 9.59 Å². The van der Waals surface area contributed by atoms with Crippen LogP contribution in [0.5, 0.6) is 0 Å². The van der Waals surface area contributed by atoms with Crippen LogP contribution in [0.4, 0.5) is 0 Å². The second-order valence-electron chi connectivity index (χ2n) is 14.2. The van der Waals surface area contributed by atoms with Crippen molar-refractivity contribution in [3.8, 4) is 0 Å². The summed E-state index contributed by atoms with van der Waals surface area (Å²) in [6, 6.07) is 7.25. The normalized spacial score (nSPS) is 19.9. The monoisotopic (exact) mass is 509 g/mol. The molecule has 37 heavy (non-hydrogen) atoms. The highest BCUT2D eigenvalue weighted by Gasteiger charge is 2.37. The van der Waals surface area contributed by atoms with Gasteiger partial charge in [-0.05, 0) is 67.1 Å². The summed E-state index contributed by atoms with van der Waals surface area (Å²) in [5, 5.41) is 3.02. The number of hydrogen-bond acceptors (Lipinski definition) is 3. The largest absolute Gasteiger partial charge is 0.369 e. The quantitative estimate of drug-likeness (QED) is 0.440. The first kappa shape index (κ1) is 29.3. The second-order valence-corrected chi connectivity index (χ2v) is 14.2. The van der Waals surface area contributed by atoms with Gasteiger partial charge in [0.05, 0.1) is 11.5 Å². The number of nitrogens with zero attached hydrogens (tertiary/aromatic N) is 1. The van der Waals surface area contributed by atoms with Crippen molar-refractivity contribution in [3.63, 3.8) is 0 Å². The number of nitrogens with one attached hydrogen (secondary N) is 1. The molecule has 0 spiro atoms. The van der Waals surface area contributed by atoms with E-state index in [0.717, 1.165) is 17.8 Å². The van der Waals surface area contributed by atoms with Crippen LogP contribution >= 0.6 is 0 Å². The predicted molar refractivity (Wildman–Crippen MR) is 153 cm³/mol. The van der Waals surface area contributed by atoms with Gasteiger partial charge in [-0.25, -0.2) is 0 Å². The van der Waals surface area contributed by atoms with Crippen LogP contribution in [-0.4, -0.2) is 29.8 Å². The zero-order chi connectivity index (χ0) is 27.8. The van der Waals surface area contributed by atoms with Gasteiger partial charge in [0.15, 0.2) is 0 Å². The molecule has 5 nitrogen and oxygen atoms in total. The van der Waals surface area contributed by atoms with Crippen molar-refractivity contribution in [2.75, 3.05) is 13.1 Å². The van der Waals surface area contributed by atoms with Crippen molar-refractivity contribution >= 4 is 11.8 Å². The van der Waals surface area contributed by atoms with Crippen LogP contribution in [0.1, 0.15) is 124 Å². The van der Waals surface area contributed by atoms with E-state index in [4.69, 9.17) is 5.73 Å². The molecule has 1 aromatic carbocycles. The second kappa shape index (κ2) is 10.8. The maximum absolute atomic E-state index is 13.4. The SMILES string of the molecule is CC1=C(C(=O)NCC(C)(C)C(N)=O)CC(c2cc(C(C)(C)C)cc(C(C)(C)C)c2)N1CC1CCCCC1. The fraction of sp³-hybridized carbons (Fsp3) is 0.688. The fourth-order valence-electron chi connectivity index (χ4n) is 5.53. The molecule has 1 aliphatic carbocycles.